The van der Waals surface area contributed by atoms with Crippen LogP contribution >= 0.6 is 0 Å². The van der Waals surface area contributed by atoms with E-state index in [1.54, 1.807) is 0 Å². The van der Waals surface area contributed by atoms with Crippen LogP contribution < -0.4 is 4.74 Å². The van der Waals surface area contributed by atoms with E-state index in [0.29, 0.717) is 0 Å². The Bertz CT molecular complexity index is 1790. The van der Waals surface area contributed by atoms with Crippen LogP contribution in [0.1, 0.15) is 25.0 Å². The summed E-state index contributed by atoms with van der Waals surface area (Å²) in [6.07, 6.45) is 0. The van der Waals surface area contributed by atoms with Crippen LogP contribution in [0.15, 0.2) is 121 Å². The lowest BCUT2D eigenvalue weighted by molar-refractivity contribution is 0.418. The van der Waals surface area contributed by atoms with Gasteiger partial charge in [-0.15, -0.1) is 0 Å². The number of rotatable bonds is 2. The lowest BCUT2D eigenvalue weighted by Crippen LogP contribution is -2.24. The number of hydrogen-bond acceptors (Lipinski definition) is 1. The largest absolute Gasteiger partial charge is 0.457 e. The SMILES string of the molecule is CC1(C)c2ccccc2Oc2cc(-c3ccccc3-c3cccc4c3ccc3ccccc34)ccc21. The van der Waals surface area contributed by atoms with Crippen LogP contribution in [0.5, 0.6) is 11.5 Å². The molecule has 0 fully saturated rings. The second-order valence-electron chi connectivity index (χ2n) is 10.2. The Labute approximate surface area is 211 Å². The zero-order valence-electron chi connectivity index (χ0n) is 20.5. The van der Waals surface area contributed by atoms with Gasteiger partial charge in [0.15, 0.2) is 0 Å². The lowest BCUT2D eigenvalue weighted by Gasteiger charge is -2.34. The van der Waals surface area contributed by atoms with Crippen LogP contribution in [0, 0.1) is 0 Å². The van der Waals surface area contributed by atoms with E-state index in [-0.39, 0.29) is 5.41 Å². The minimum Gasteiger partial charge on any atom is -0.457 e. The van der Waals surface area contributed by atoms with Gasteiger partial charge in [0.2, 0.25) is 0 Å². The first-order valence-corrected chi connectivity index (χ1v) is 12.5. The lowest BCUT2D eigenvalue weighted by atomic mass is 9.75. The van der Waals surface area contributed by atoms with Crippen LogP contribution in [0.4, 0.5) is 0 Å². The number of para-hydroxylation sites is 1. The Morgan fingerprint density at radius 2 is 1.17 bits per heavy atom. The minimum atomic E-state index is -0.112. The summed E-state index contributed by atoms with van der Waals surface area (Å²) < 4.78 is 6.44. The Morgan fingerprint density at radius 3 is 2.08 bits per heavy atom. The molecule has 0 atom stereocenters. The highest BCUT2D eigenvalue weighted by Gasteiger charge is 2.34. The summed E-state index contributed by atoms with van der Waals surface area (Å²) in [5.41, 5.74) is 7.19. The van der Waals surface area contributed by atoms with Gasteiger partial charge in [-0.2, -0.15) is 0 Å². The van der Waals surface area contributed by atoms with Crippen molar-refractivity contribution in [1.29, 1.82) is 0 Å². The van der Waals surface area contributed by atoms with E-state index in [1.165, 1.54) is 49.4 Å². The quantitative estimate of drug-likeness (QED) is 0.233. The molecule has 6 aromatic rings. The summed E-state index contributed by atoms with van der Waals surface area (Å²) in [6, 6.07) is 43.6. The van der Waals surface area contributed by atoms with Gasteiger partial charge in [0.25, 0.3) is 0 Å². The van der Waals surface area contributed by atoms with Crippen molar-refractivity contribution in [3.63, 3.8) is 0 Å². The average Bonchev–Trinajstić information content (AvgIpc) is 2.92. The molecule has 0 saturated carbocycles. The first-order valence-electron chi connectivity index (χ1n) is 12.5. The molecule has 0 bridgehead atoms. The molecule has 1 nitrogen and oxygen atoms in total. The zero-order valence-corrected chi connectivity index (χ0v) is 20.5. The van der Waals surface area contributed by atoms with E-state index >= 15 is 0 Å². The summed E-state index contributed by atoms with van der Waals surface area (Å²) in [5.74, 6) is 1.89. The number of ether oxygens (including phenoxy) is 1. The molecule has 0 saturated heterocycles. The molecule has 1 heterocycles. The number of benzene rings is 6. The molecule has 0 aliphatic carbocycles. The van der Waals surface area contributed by atoms with Gasteiger partial charge in [-0.1, -0.05) is 123 Å². The summed E-state index contributed by atoms with van der Waals surface area (Å²) in [7, 11) is 0. The predicted molar refractivity (Wildman–Crippen MR) is 151 cm³/mol. The number of fused-ring (bicyclic) bond motifs is 5. The van der Waals surface area contributed by atoms with Gasteiger partial charge in [-0.3, -0.25) is 0 Å². The monoisotopic (exact) mass is 462 g/mol. The van der Waals surface area contributed by atoms with E-state index in [0.717, 1.165) is 17.1 Å². The van der Waals surface area contributed by atoms with Crippen molar-refractivity contribution in [2.45, 2.75) is 19.3 Å². The zero-order chi connectivity index (χ0) is 24.3. The molecule has 0 unspecified atom stereocenters. The van der Waals surface area contributed by atoms with Gasteiger partial charge >= 0.3 is 0 Å². The Kier molecular flexibility index (Phi) is 4.56. The van der Waals surface area contributed by atoms with Crippen LogP contribution in [0.2, 0.25) is 0 Å². The van der Waals surface area contributed by atoms with Crippen molar-refractivity contribution in [2.24, 2.45) is 0 Å². The van der Waals surface area contributed by atoms with Crippen molar-refractivity contribution in [3.05, 3.63) is 132 Å². The van der Waals surface area contributed by atoms with E-state index < -0.39 is 0 Å². The van der Waals surface area contributed by atoms with E-state index in [4.69, 9.17) is 4.74 Å². The third-order valence-electron chi connectivity index (χ3n) is 7.75. The van der Waals surface area contributed by atoms with Gasteiger partial charge in [0, 0.05) is 16.5 Å². The molecule has 172 valence electrons. The van der Waals surface area contributed by atoms with Gasteiger partial charge in [0.1, 0.15) is 11.5 Å². The van der Waals surface area contributed by atoms with E-state index in [2.05, 4.69) is 129 Å². The maximum atomic E-state index is 6.44. The van der Waals surface area contributed by atoms with Crippen LogP contribution in [-0.4, -0.2) is 0 Å². The molecule has 0 N–H and O–H groups in total. The smallest absolute Gasteiger partial charge is 0.132 e. The van der Waals surface area contributed by atoms with Crippen molar-refractivity contribution in [2.75, 3.05) is 0 Å². The van der Waals surface area contributed by atoms with Crippen LogP contribution in [0.3, 0.4) is 0 Å². The normalized spacial score (nSPS) is 13.7. The maximum absolute atomic E-state index is 6.44. The van der Waals surface area contributed by atoms with Crippen molar-refractivity contribution in [1.82, 2.24) is 0 Å². The molecule has 0 aromatic heterocycles. The number of hydrogen-bond donors (Lipinski definition) is 0. The molecule has 0 radical (unpaired) electrons. The molecular weight excluding hydrogens is 436 g/mol. The maximum Gasteiger partial charge on any atom is 0.132 e. The highest BCUT2D eigenvalue weighted by atomic mass is 16.5. The molecular formula is C35H26O. The minimum absolute atomic E-state index is 0.112. The van der Waals surface area contributed by atoms with Crippen molar-refractivity contribution < 1.29 is 4.74 Å². The van der Waals surface area contributed by atoms with Crippen LogP contribution in [0.25, 0.3) is 43.8 Å². The fourth-order valence-electron chi connectivity index (χ4n) is 5.87. The van der Waals surface area contributed by atoms with Gasteiger partial charge in [-0.05, 0) is 55.9 Å². The fourth-order valence-corrected chi connectivity index (χ4v) is 5.87. The summed E-state index contributed by atoms with van der Waals surface area (Å²) in [5, 5.41) is 5.11. The second-order valence-corrected chi connectivity index (χ2v) is 10.2. The third kappa shape index (κ3) is 3.09. The summed E-state index contributed by atoms with van der Waals surface area (Å²) in [4.78, 5) is 0. The molecule has 1 aliphatic heterocycles. The van der Waals surface area contributed by atoms with Crippen molar-refractivity contribution in [3.8, 4) is 33.8 Å². The predicted octanol–water partition coefficient (Wildman–Crippen LogP) is 9.76. The molecule has 6 aromatic carbocycles. The first kappa shape index (κ1) is 21.0. The summed E-state index contributed by atoms with van der Waals surface area (Å²) >= 11 is 0. The molecule has 1 heteroatoms. The molecule has 36 heavy (non-hydrogen) atoms. The second kappa shape index (κ2) is 7.83. The van der Waals surface area contributed by atoms with Gasteiger partial charge in [0.05, 0.1) is 0 Å². The van der Waals surface area contributed by atoms with Crippen molar-refractivity contribution >= 4 is 21.5 Å². The summed E-state index contributed by atoms with van der Waals surface area (Å²) in [6.45, 7) is 4.56. The first-order chi connectivity index (χ1) is 17.6. The van der Waals surface area contributed by atoms with Gasteiger partial charge in [-0.25, -0.2) is 0 Å². The molecule has 0 spiro atoms. The van der Waals surface area contributed by atoms with Crippen LogP contribution in [-0.2, 0) is 5.41 Å². The molecule has 0 amide bonds. The fraction of sp³-hybridized carbons (Fsp3) is 0.0857. The molecule has 1 aliphatic rings. The van der Waals surface area contributed by atoms with Gasteiger partial charge < -0.3 is 4.74 Å². The average molecular weight is 463 g/mol. The Hall–Kier alpha value is -4.36. The topological polar surface area (TPSA) is 9.23 Å². The highest BCUT2D eigenvalue weighted by molar-refractivity contribution is 6.13. The Morgan fingerprint density at radius 1 is 0.472 bits per heavy atom. The van der Waals surface area contributed by atoms with E-state index in [1.807, 2.05) is 6.07 Å². The molecule has 7 rings (SSSR count). The Balaban J connectivity index is 1.41. The third-order valence-corrected chi connectivity index (χ3v) is 7.75. The highest BCUT2D eigenvalue weighted by Crippen LogP contribution is 2.49. The van der Waals surface area contributed by atoms with E-state index in [9.17, 15) is 0 Å². The standard InChI is InChI=1S/C35H26O/c1-35(2)31-16-7-8-17-33(31)36-34-22-24(19-21-32(34)35)26-12-5-6-13-27(26)29-15-9-14-28-25-11-4-3-10-23(25)18-20-30(28)29/h3-22H,1-2H3.